The van der Waals surface area contributed by atoms with Gasteiger partial charge in [-0.3, -0.25) is 9.80 Å². The highest BCUT2D eigenvalue weighted by Gasteiger charge is 2.38. The van der Waals surface area contributed by atoms with E-state index in [2.05, 4.69) is 216 Å². The molecule has 0 saturated carbocycles. The number of nitrogens with zero attached hydrogens (tertiary/aromatic N) is 2. The van der Waals surface area contributed by atoms with Crippen molar-refractivity contribution in [2.24, 2.45) is 0 Å². The summed E-state index contributed by atoms with van der Waals surface area (Å²) < 4.78 is 0. The Morgan fingerprint density at radius 3 is 0.783 bits per heavy atom. The molecule has 0 saturated heterocycles. The van der Waals surface area contributed by atoms with Crippen molar-refractivity contribution in [3.63, 3.8) is 0 Å². The normalized spacial score (nSPS) is 15.1. The lowest BCUT2D eigenvalue weighted by Crippen LogP contribution is -2.40. The van der Waals surface area contributed by atoms with Gasteiger partial charge < -0.3 is 0 Å². The SMILES string of the molecule is c1ccc([C@@H]([C@H](c2ccccc2)N2Cc3ccc4ccccc4c3-c3c(ccc4ccccc34)C2)N2Cc3ccc4ccccc4c3-c3c(ccc4ccccc34)C2)cc1. The van der Waals surface area contributed by atoms with E-state index in [9.17, 15) is 0 Å². The van der Waals surface area contributed by atoms with Crippen LogP contribution in [0.25, 0.3) is 65.3 Å². The van der Waals surface area contributed by atoms with E-state index in [0.29, 0.717) is 0 Å². The van der Waals surface area contributed by atoms with Crippen molar-refractivity contribution in [2.75, 3.05) is 0 Å². The molecular formula is C58H44N2. The van der Waals surface area contributed by atoms with Gasteiger partial charge in [-0.25, -0.2) is 0 Å². The van der Waals surface area contributed by atoms with Gasteiger partial charge in [-0.2, -0.15) is 0 Å². The van der Waals surface area contributed by atoms with Crippen LogP contribution in [-0.2, 0) is 26.2 Å². The molecule has 0 aliphatic carbocycles. The first kappa shape index (κ1) is 35.1. The molecule has 2 heterocycles. The van der Waals surface area contributed by atoms with Gasteiger partial charge in [0.05, 0.1) is 12.1 Å². The average Bonchev–Trinajstić information content (AvgIpc) is 3.60. The third-order valence-corrected chi connectivity index (χ3v) is 13.4. The number of fused-ring (bicyclic) bond motifs is 14. The van der Waals surface area contributed by atoms with E-state index in [4.69, 9.17) is 0 Å². The van der Waals surface area contributed by atoms with E-state index in [0.717, 1.165) is 26.2 Å². The molecule has 0 unspecified atom stereocenters. The van der Waals surface area contributed by atoms with Crippen LogP contribution in [0, 0.1) is 0 Å². The third-order valence-electron chi connectivity index (χ3n) is 13.4. The van der Waals surface area contributed by atoms with Crippen molar-refractivity contribution in [1.29, 1.82) is 0 Å². The van der Waals surface area contributed by atoms with E-state index >= 15 is 0 Å². The number of benzene rings is 10. The fourth-order valence-electron chi connectivity index (χ4n) is 10.8. The first-order chi connectivity index (χ1) is 29.8. The van der Waals surface area contributed by atoms with E-state index in [1.807, 2.05) is 0 Å². The fraction of sp³-hybridized carbons (Fsp3) is 0.103. The highest BCUT2D eigenvalue weighted by atomic mass is 15.3. The summed E-state index contributed by atoms with van der Waals surface area (Å²) in [6, 6.07) is 77.7. The third kappa shape index (κ3) is 5.79. The first-order valence-electron chi connectivity index (χ1n) is 21.4. The maximum Gasteiger partial charge on any atom is 0.0552 e. The summed E-state index contributed by atoms with van der Waals surface area (Å²) in [5, 5.41) is 10.4. The lowest BCUT2D eigenvalue weighted by atomic mass is 9.88. The van der Waals surface area contributed by atoms with E-state index in [1.54, 1.807) is 0 Å². The maximum absolute atomic E-state index is 2.80. The Hall–Kier alpha value is -6.84. The van der Waals surface area contributed by atoms with Crippen molar-refractivity contribution in [2.45, 2.75) is 38.3 Å². The molecule has 0 aromatic heterocycles. The minimum Gasteiger partial charge on any atom is -0.286 e. The topological polar surface area (TPSA) is 6.48 Å². The Morgan fingerprint density at radius 2 is 0.500 bits per heavy atom. The maximum atomic E-state index is 2.80. The van der Waals surface area contributed by atoms with Crippen molar-refractivity contribution >= 4 is 43.1 Å². The van der Waals surface area contributed by atoms with Crippen LogP contribution in [0.4, 0.5) is 0 Å². The van der Waals surface area contributed by atoms with Gasteiger partial charge in [0.25, 0.3) is 0 Å². The molecule has 2 aliphatic heterocycles. The Morgan fingerprint density at radius 1 is 0.250 bits per heavy atom. The Labute approximate surface area is 351 Å². The number of hydrogen-bond donors (Lipinski definition) is 0. The van der Waals surface area contributed by atoms with Gasteiger partial charge in [-0.1, -0.05) is 206 Å². The summed E-state index contributed by atoms with van der Waals surface area (Å²) in [6.45, 7) is 3.29. The quantitative estimate of drug-likeness (QED) is 0.172. The molecule has 10 aromatic rings. The second-order valence-electron chi connectivity index (χ2n) is 16.8. The molecule has 10 aromatic carbocycles. The van der Waals surface area contributed by atoms with Crippen molar-refractivity contribution in [3.8, 4) is 22.3 Å². The Balaban J connectivity index is 1.10. The summed E-state index contributed by atoms with van der Waals surface area (Å²) in [6.07, 6.45) is 0. The largest absolute Gasteiger partial charge is 0.286 e. The van der Waals surface area contributed by atoms with Gasteiger partial charge in [0.15, 0.2) is 0 Å². The van der Waals surface area contributed by atoms with Gasteiger partial charge in [0, 0.05) is 26.2 Å². The minimum absolute atomic E-state index is 0.0243. The molecule has 0 bridgehead atoms. The van der Waals surface area contributed by atoms with Gasteiger partial charge >= 0.3 is 0 Å². The lowest BCUT2D eigenvalue weighted by molar-refractivity contribution is 0.0561. The average molecular weight is 769 g/mol. The summed E-state index contributed by atoms with van der Waals surface area (Å²) >= 11 is 0. The molecule has 0 fully saturated rings. The van der Waals surface area contributed by atoms with Crippen molar-refractivity contribution in [3.05, 3.63) is 240 Å². The molecule has 286 valence electrons. The summed E-state index contributed by atoms with van der Waals surface area (Å²) in [5.41, 5.74) is 13.7. The second kappa shape index (κ2) is 14.5. The highest BCUT2D eigenvalue weighted by Crippen LogP contribution is 2.50. The zero-order valence-electron chi connectivity index (χ0n) is 33.5. The molecule has 2 heteroatoms. The molecule has 0 spiro atoms. The monoisotopic (exact) mass is 768 g/mol. The molecule has 0 amide bonds. The molecular weight excluding hydrogens is 725 g/mol. The Kier molecular flexibility index (Phi) is 8.47. The van der Waals surface area contributed by atoms with Crippen LogP contribution in [0.15, 0.2) is 206 Å². The zero-order valence-corrected chi connectivity index (χ0v) is 33.5. The number of hydrogen-bond acceptors (Lipinski definition) is 2. The summed E-state index contributed by atoms with van der Waals surface area (Å²) in [5.74, 6) is 0. The van der Waals surface area contributed by atoms with Crippen molar-refractivity contribution in [1.82, 2.24) is 9.80 Å². The zero-order chi connectivity index (χ0) is 39.6. The van der Waals surface area contributed by atoms with Gasteiger partial charge in [0.1, 0.15) is 0 Å². The highest BCUT2D eigenvalue weighted by molar-refractivity contribution is 6.09. The predicted molar refractivity (Wildman–Crippen MR) is 251 cm³/mol. The fourth-order valence-corrected chi connectivity index (χ4v) is 10.8. The van der Waals surface area contributed by atoms with Crippen LogP contribution in [-0.4, -0.2) is 9.80 Å². The molecule has 12 rings (SSSR count). The van der Waals surface area contributed by atoms with Crippen molar-refractivity contribution < 1.29 is 0 Å². The molecule has 2 nitrogen and oxygen atoms in total. The second-order valence-corrected chi connectivity index (χ2v) is 16.8. The van der Waals surface area contributed by atoms with Gasteiger partial charge in [0.2, 0.25) is 0 Å². The molecule has 2 aliphatic rings. The van der Waals surface area contributed by atoms with E-state index in [-0.39, 0.29) is 12.1 Å². The lowest BCUT2D eigenvalue weighted by Gasteiger charge is -2.43. The van der Waals surface area contributed by atoms with Gasteiger partial charge in [-0.05, 0) is 98.7 Å². The Bertz CT molecular complexity index is 2850. The van der Waals surface area contributed by atoms with Crippen LogP contribution < -0.4 is 0 Å². The first-order valence-corrected chi connectivity index (χ1v) is 21.4. The van der Waals surface area contributed by atoms with E-state index < -0.39 is 0 Å². The van der Waals surface area contributed by atoms with Gasteiger partial charge in [-0.15, -0.1) is 0 Å². The summed E-state index contributed by atoms with van der Waals surface area (Å²) in [7, 11) is 0. The van der Waals surface area contributed by atoms with Crippen LogP contribution in [0.3, 0.4) is 0 Å². The number of rotatable bonds is 5. The molecule has 0 N–H and O–H groups in total. The summed E-state index contributed by atoms with van der Waals surface area (Å²) in [4.78, 5) is 5.60. The predicted octanol–water partition coefficient (Wildman–Crippen LogP) is 14.4. The molecule has 60 heavy (non-hydrogen) atoms. The molecule has 2 atom stereocenters. The van der Waals surface area contributed by atoms with Crippen LogP contribution in [0.1, 0.15) is 45.5 Å². The smallest absolute Gasteiger partial charge is 0.0552 e. The minimum atomic E-state index is 0.0243. The van der Waals surface area contributed by atoms with Crippen LogP contribution in [0.5, 0.6) is 0 Å². The standard InChI is InChI=1S/C58H44N2/c1-3-19-43(20-4-1)57(59-35-45-31-27-39-15-7-11-23-49(39)53(45)54-46(36-59)32-28-40-16-8-12-24-50(40)54)58(44-21-5-2-6-22-44)60-37-47-33-29-41-17-9-13-25-51(41)55(47)56-48(38-60)34-30-42-18-10-14-26-52(42)56/h1-34,57-58H,35-38H2/t57-,58-/m0/s1. The van der Waals surface area contributed by atoms with E-state index in [1.165, 1.54) is 98.7 Å². The molecule has 0 radical (unpaired) electrons. The van der Waals surface area contributed by atoms with Crippen LogP contribution in [0.2, 0.25) is 0 Å². The van der Waals surface area contributed by atoms with Crippen LogP contribution >= 0.6 is 0 Å².